The molecule has 4 nitrogen and oxygen atoms in total. The lowest BCUT2D eigenvalue weighted by Crippen LogP contribution is -2.46. The fourth-order valence-electron chi connectivity index (χ4n) is 2.87. The average molecular weight is 276 g/mol. The number of carboxylic acid groups (broad SMARTS) is 1. The second-order valence-corrected chi connectivity index (χ2v) is 5.74. The summed E-state index contributed by atoms with van der Waals surface area (Å²) in [5, 5.41) is 9.25. The van der Waals surface area contributed by atoms with Crippen molar-refractivity contribution >= 4 is 5.97 Å². The summed E-state index contributed by atoms with van der Waals surface area (Å²) in [6.07, 6.45) is 0.175. The lowest BCUT2D eigenvalue weighted by atomic mass is 9.94. The van der Waals surface area contributed by atoms with Gasteiger partial charge >= 0.3 is 5.97 Å². The standard InChI is InChI=1S/C16H24N2O2/c1-12-5-4-6-14(13(12)2)15(11-16(19)20)18-9-7-17(3)8-10-18/h4-6,15H,7-11H2,1-3H3,(H,19,20). The van der Waals surface area contributed by atoms with Crippen molar-refractivity contribution in [1.29, 1.82) is 0 Å². The van der Waals surface area contributed by atoms with Gasteiger partial charge in [-0.3, -0.25) is 9.69 Å². The number of benzene rings is 1. The monoisotopic (exact) mass is 276 g/mol. The van der Waals surface area contributed by atoms with E-state index in [-0.39, 0.29) is 12.5 Å². The lowest BCUT2D eigenvalue weighted by Gasteiger charge is -2.38. The maximum absolute atomic E-state index is 11.2. The van der Waals surface area contributed by atoms with Crippen LogP contribution in [0.4, 0.5) is 0 Å². The molecule has 2 rings (SSSR count). The van der Waals surface area contributed by atoms with Crippen molar-refractivity contribution in [3.63, 3.8) is 0 Å². The van der Waals surface area contributed by atoms with Gasteiger partial charge in [0.15, 0.2) is 0 Å². The second kappa shape index (κ2) is 6.37. The van der Waals surface area contributed by atoms with Gasteiger partial charge in [0.2, 0.25) is 0 Å². The summed E-state index contributed by atoms with van der Waals surface area (Å²) in [5.41, 5.74) is 3.61. The lowest BCUT2D eigenvalue weighted by molar-refractivity contribution is -0.138. The van der Waals surface area contributed by atoms with Crippen molar-refractivity contribution in [2.45, 2.75) is 26.3 Å². The van der Waals surface area contributed by atoms with Crippen LogP contribution in [0.1, 0.15) is 29.2 Å². The van der Waals surface area contributed by atoms with E-state index in [0.717, 1.165) is 31.7 Å². The summed E-state index contributed by atoms with van der Waals surface area (Å²) >= 11 is 0. The van der Waals surface area contributed by atoms with Crippen LogP contribution >= 0.6 is 0 Å². The molecule has 1 N–H and O–H groups in total. The first-order valence-electron chi connectivity index (χ1n) is 7.19. The number of hydrogen-bond acceptors (Lipinski definition) is 3. The van der Waals surface area contributed by atoms with Gasteiger partial charge in [-0.05, 0) is 37.6 Å². The molecule has 1 atom stereocenters. The van der Waals surface area contributed by atoms with Crippen LogP contribution in [0.3, 0.4) is 0 Å². The van der Waals surface area contributed by atoms with Crippen molar-refractivity contribution in [3.8, 4) is 0 Å². The Balaban J connectivity index is 2.27. The Kier molecular flexibility index (Phi) is 4.78. The molecule has 1 aromatic carbocycles. The summed E-state index contributed by atoms with van der Waals surface area (Å²) in [6, 6.07) is 6.18. The topological polar surface area (TPSA) is 43.8 Å². The predicted molar refractivity (Wildman–Crippen MR) is 80.0 cm³/mol. The number of rotatable bonds is 4. The number of carbonyl (C=O) groups is 1. The highest BCUT2D eigenvalue weighted by Crippen LogP contribution is 2.29. The minimum atomic E-state index is -0.727. The fraction of sp³-hybridized carbons (Fsp3) is 0.562. The van der Waals surface area contributed by atoms with Crippen LogP contribution in [0.5, 0.6) is 0 Å². The minimum Gasteiger partial charge on any atom is -0.481 e. The molecule has 0 aromatic heterocycles. The summed E-state index contributed by atoms with van der Waals surface area (Å²) in [4.78, 5) is 15.9. The Bertz CT molecular complexity index is 479. The Morgan fingerprint density at radius 1 is 1.25 bits per heavy atom. The highest BCUT2D eigenvalue weighted by Gasteiger charge is 2.27. The molecule has 1 saturated heterocycles. The van der Waals surface area contributed by atoms with Crippen molar-refractivity contribution in [1.82, 2.24) is 9.80 Å². The van der Waals surface area contributed by atoms with Crippen molar-refractivity contribution < 1.29 is 9.90 Å². The molecular formula is C16H24N2O2. The molecule has 1 heterocycles. The van der Waals surface area contributed by atoms with E-state index >= 15 is 0 Å². The highest BCUT2D eigenvalue weighted by atomic mass is 16.4. The van der Waals surface area contributed by atoms with E-state index in [9.17, 15) is 9.90 Å². The molecule has 4 heteroatoms. The van der Waals surface area contributed by atoms with E-state index in [4.69, 9.17) is 0 Å². The summed E-state index contributed by atoms with van der Waals surface area (Å²) in [7, 11) is 2.11. The second-order valence-electron chi connectivity index (χ2n) is 5.74. The molecule has 1 aromatic rings. The number of aliphatic carboxylic acids is 1. The van der Waals surface area contributed by atoms with Gasteiger partial charge in [-0.15, -0.1) is 0 Å². The Hall–Kier alpha value is -1.39. The molecule has 1 unspecified atom stereocenters. The van der Waals surface area contributed by atoms with Gasteiger partial charge in [-0.25, -0.2) is 0 Å². The first-order valence-corrected chi connectivity index (χ1v) is 7.19. The molecule has 110 valence electrons. The van der Waals surface area contributed by atoms with E-state index < -0.39 is 5.97 Å². The average Bonchev–Trinajstić information content (AvgIpc) is 2.40. The van der Waals surface area contributed by atoms with Crippen LogP contribution < -0.4 is 0 Å². The van der Waals surface area contributed by atoms with E-state index in [1.807, 2.05) is 6.07 Å². The zero-order chi connectivity index (χ0) is 14.7. The Morgan fingerprint density at radius 2 is 1.90 bits per heavy atom. The number of likely N-dealkylation sites (N-methyl/N-ethyl adjacent to an activating group) is 1. The van der Waals surface area contributed by atoms with Crippen molar-refractivity contribution in [2.75, 3.05) is 33.2 Å². The van der Waals surface area contributed by atoms with E-state index in [0.29, 0.717) is 0 Å². The zero-order valence-corrected chi connectivity index (χ0v) is 12.6. The molecule has 1 aliphatic heterocycles. The van der Waals surface area contributed by atoms with Crippen LogP contribution in [0, 0.1) is 13.8 Å². The van der Waals surface area contributed by atoms with E-state index in [1.54, 1.807) is 0 Å². The largest absolute Gasteiger partial charge is 0.481 e. The van der Waals surface area contributed by atoms with Gasteiger partial charge in [-0.2, -0.15) is 0 Å². The fourth-order valence-corrected chi connectivity index (χ4v) is 2.87. The zero-order valence-electron chi connectivity index (χ0n) is 12.6. The van der Waals surface area contributed by atoms with Gasteiger partial charge in [0, 0.05) is 32.2 Å². The van der Waals surface area contributed by atoms with Crippen LogP contribution in [0.25, 0.3) is 0 Å². The summed E-state index contributed by atoms with van der Waals surface area (Å²) in [5.74, 6) is -0.727. The van der Waals surface area contributed by atoms with Gasteiger partial charge in [0.1, 0.15) is 0 Å². The molecule has 0 saturated carbocycles. The van der Waals surface area contributed by atoms with E-state index in [2.05, 4.69) is 42.8 Å². The van der Waals surface area contributed by atoms with E-state index in [1.165, 1.54) is 11.1 Å². The third kappa shape index (κ3) is 3.38. The van der Waals surface area contributed by atoms with Gasteiger partial charge in [0.05, 0.1) is 6.42 Å². The quantitative estimate of drug-likeness (QED) is 0.914. The number of carboxylic acids is 1. The van der Waals surface area contributed by atoms with Crippen molar-refractivity contribution in [2.24, 2.45) is 0 Å². The Morgan fingerprint density at radius 3 is 2.50 bits per heavy atom. The maximum atomic E-state index is 11.2. The molecule has 0 radical (unpaired) electrons. The summed E-state index contributed by atoms with van der Waals surface area (Å²) < 4.78 is 0. The molecule has 0 bridgehead atoms. The molecule has 20 heavy (non-hydrogen) atoms. The third-order valence-corrected chi connectivity index (χ3v) is 4.35. The number of hydrogen-bond donors (Lipinski definition) is 1. The Labute approximate surface area is 121 Å². The molecule has 0 aliphatic carbocycles. The van der Waals surface area contributed by atoms with Crippen LogP contribution in [-0.4, -0.2) is 54.1 Å². The van der Waals surface area contributed by atoms with Gasteiger partial charge in [0.25, 0.3) is 0 Å². The number of nitrogens with zero attached hydrogens (tertiary/aromatic N) is 2. The smallest absolute Gasteiger partial charge is 0.305 e. The first-order chi connectivity index (χ1) is 9.49. The number of piperazine rings is 1. The predicted octanol–water partition coefficient (Wildman–Crippen LogP) is 2.07. The van der Waals surface area contributed by atoms with Crippen LogP contribution in [-0.2, 0) is 4.79 Å². The highest BCUT2D eigenvalue weighted by molar-refractivity contribution is 5.68. The van der Waals surface area contributed by atoms with Crippen molar-refractivity contribution in [3.05, 3.63) is 34.9 Å². The molecular weight excluding hydrogens is 252 g/mol. The SMILES string of the molecule is Cc1cccc(C(CC(=O)O)N2CCN(C)CC2)c1C. The molecule has 0 spiro atoms. The number of aryl methyl sites for hydroxylation is 1. The van der Waals surface area contributed by atoms with Crippen LogP contribution in [0.2, 0.25) is 0 Å². The first kappa shape index (κ1) is 15.0. The van der Waals surface area contributed by atoms with Crippen LogP contribution in [0.15, 0.2) is 18.2 Å². The summed E-state index contributed by atoms with van der Waals surface area (Å²) in [6.45, 7) is 8.04. The van der Waals surface area contributed by atoms with Gasteiger partial charge < -0.3 is 10.0 Å². The molecule has 0 amide bonds. The van der Waals surface area contributed by atoms with Gasteiger partial charge in [-0.1, -0.05) is 18.2 Å². The normalized spacial score (nSPS) is 18.9. The molecule has 1 aliphatic rings. The minimum absolute atomic E-state index is 0.0129. The maximum Gasteiger partial charge on any atom is 0.305 e. The molecule has 1 fully saturated rings. The third-order valence-electron chi connectivity index (χ3n) is 4.35.